The third-order valence-electron chi connectivity index (χ3n) is 3.02. The van der Waals surface area contributed by atoms with Crippen LogP contribution in [0.5, 0.6) is 0 Å². The van der Waals surface area contributed by atoms with E-state index in [2.05, 4.69) is 17.2 Å². The van der Waals surface area contributed by atoms with E-state index in [1.54, 1.807) is 0 Å². The Kier molecular flexibility index (Phi) is 4.95. The van der Waals surface area contributed by atoms with Crippen molar-refractivity contribution in [2.45, 2.75) is 37.6 Å². The van der Waals surface area contributed by atoms with Gasteiger partial charge in [0.1, 0.15) is 24.2 Å². The second-order valence-corrected chi connectivity index (χ2v) is 6.19. The number of aliphatic hydroxyl groups excluding tert-OH is 1. The van der Waals surface area contributed by atoms with Crippen molar-refractivity contribution < 1.29 is 23.3 Å². The third-order valence-corrected chi connectivity index (χ3v) is 3.73. The molecule has 0 bridgehead atoms. The van der Waals surface area contributed by atoms with Crippen LogP contribution in [0.3, 0.4) is 0 Å². The molecule has 1 aromatic heterocycles. The predicted molar refractivity (Wildman–Crippen MR) is 74.9 cm³/mol. The average Bonchev–Trinajstić information content (AvgIpc) is 2.67. The first-order valence-corrected chi connectivity index (χ1v) is 8.29. The van der Waals surface area contributed by atoms with Gasteiger partial charge >= 0.3 is 12.9 Å². The molecule has 1 aromatic rings. The summed E-state index contributed by atoms with van der Waals surface area (Å²) < 4.78 is 36.6. The van der Waals surface area contributed by atoms with Crippen LogP contribution in [0.25, 0.3) is 0 Å². The molecule has 0 radical (unpaired) electrons. The average molecular weight is 338 g/mol. The van der Waals surface area contributed by atoms with Crippen LogP contribution in [0.15, 0.2) is 17.1 Å². The number of alkyl halides is 1. The first kappa shape index (κ1) is 16.3. The minimum atomic E-state index is -2.40. The molecule has 1 saturated heterocycles. The zero-order valence-corrected chi connectivity index (χ0v) is 12.7. The Bertz CT molecular complexity index is 600. The molecule has 1 aliphatic rings. The van der Waals surface area contributed by atoms with Crippen molar-refractivity contribution in [3.63, 3.8) is 0 Å². The van der Waals surface area contributed by atoms with Gasteiger partial charge in [-0.25, -0.2) is 9.18 Å². The summed E-state index contributed by atoms with van der Waals surface area (Å²) in [7, 11) is -2.40. The largest absolute Gasteiger partial charge is 0.582 e. The van der Waals surface area contributed by atoms with Crippen molar-refractivity contribution in [2.24, 2.45) is 0 Å². The van der Waals surface area contributed by atoms with Gasteiger partial charge in [-0.2, -0.15) is 4.98 Å². The van der Waals surface area contributed by atoms with E-state index in [4.69, 9.17) is 15.0 Å². The summed E-state index contributed by atoms with van der Waals surface area (Å²) in [6.07, 6.45) is -5.48. The molecule has 21 heavy (non-hydrogen) atoms. The predicted octanol–water partition coefficient (Wildman–Crippen LogP) is 0.414. The Morgan fingerprint density at radius 1 is 1.71 bits per heavy atom. The van der Waals surface area contributed by atoms with Gasteiger partial charge in [-0.15, -0.1) is 4.52 Å². The SMILES string of the molecule is C[C@@H](O)[C@H]1O[C@@H](n2ccc(N)nc2=O)C(F)[C@H]1O[P+](=O)S. The maximum Gasteiger partial charge on any atom is 0.582 e. The normalized spacial score (nSPS) is 31.1. The number of rotatable bonds is 4. The second kappa shape index (κ2) is 6.37. The van der Waals surface area contributed by atoms with E-state index in [-0.39, 0.29) is 5.82 Å². The van der Waals surface area contributed by atoms with Crippen molar-refractivity contribution in [1.82, 2.24) is 9.55 Å². The molecule has 0 saturated carbocycles. The molecule has 2 rings (SSSR count). The maximum absolute atomic E-state index is 14.4. The van der Waals surface area contributed by atoms with Crippen LogP contribution in [0.4, 0.5) is 10.2 Å². The molecule has 116 valence electrons. The summed E-state index contributed by atoms with van der Waals surface area (Å²) in [6.45, 7) is 1.37. The molecule has 6 atom stereocenters. The number of halogens is 1. The summed E-state index contributed by atoms with van der Waals surface area (Å²) in [5.74, 6) is -0.0111. The molecule has 1 fully saturated rings. The minimum absolute atomic E-state index is 0.0111. The summed E-state index contributed by atoms with van der Waals surface area (Å²) >= 11 is 3.56. The fourth-order valence-corrected chi connectivity index (χ4v) is 2.88. The number of ether oxygens (including phenoxy) is 1. The van der Waals surface area contributed by atoms with E-state index in [0.717, 1.165) is 4.57 Å². The lowest BCUT2D eigenvalue weighted by Gasteiger charge is -2.17. The van der Waals surface area contributed by atoms with Gasteiger partial charge in [-0.1, -0.05) is 0 Å². The van der Waals surface area contributed by atoms with Gasteiger partial charge in [0, 0.05) is 6.20 Å². The Morgan fingerprint density at radius 2 is 2.38 bits per heavy atom. The molecule has 0 aromatic carbocycles. The summed E-state index contributed by atoms with van der Waals surface area (Å²) in [5, 5.41) is 9.62. The highest BCUT2D eigenvalue weighted by atomic mass is 32.7. The lowest BCUT2D eigenvalue weighted by Crippen LogP contribution is -2.37. The molecular weight excluding hydrogens is 324 g/mol. The Balaban J connectivity index is 2.33. The molecule has 0 aliphatic carbocycles. The fraction of sp³-hybridized carbons (Fsp3) is 0.600. The van der Waals surface area contributed by atoms with Crippen molar-refractivity contribution in [3.05, 3.63) is 22.7 Å². The van der Waals surface area contributed by atoms with E-state index in [1.807, 2.05) is 0 Å². The maximum atomic E-state index is 14.4. The summed E-state index contributed by atoms with van der Waals surface area (Å²) in [4.78, 5) is 15.2. The molecule has 2 unspecified atom stereocenters. The highest BCUT2D eigenvalue weighted by Gasteiger charge is 2.52. The van der Waals surface area contributed by atoms with Gasteiger partial charge in [0.2, 0.25) is 0 Å². The molecule has 1 aliphatic heterocycles. The van der Waals surface area contributed by atoms with Gasteiger partial charge in [-0.3, -0.25) is 4.57 Å². The van der Waals surface area contributed by atoms with Crippen LogP contribution in [-0.2, 0) is 13.8 Å². The van der Waals surface area contributed by atoms with Crippen molar-refractivity contribution in [1.29, 1.82) is 0 Å². The van der Waals surface area contributed by atoms with Crippen LogP contribution < -0.4 is 11.4 Å². The fourth-order valence-electron chi connectivity index (χ4n) is 2.11. The van der Waals surface area contributed by atoms with E-state index in [0.29, 0.717) is 0 Å². The van der Waals surface area contributed by atoms with Crippen LogP contribution in [-0.4, -0.2) is 39.1 Å². The zero-order chi connectivity index (χ0) is 15.7. The Hall–Kier alpha value is -1.06. The zero-order valence-electron chi connectivity index (χ0n) is 10.9. The second-order valence-electron chi connectivity index (χ2n) is 4.53. The highest BCUT2D eigenvalue weighted by Crippen LogP contribution is 2.41. The van der Waals surface area contributed by atoms with Gasteiger partial charge in [0.25, 0.3) is 0 Å². The molecule has 8 nitrogen and oxygen atoms in total. The van der Waals surface area contributed by atoms with E-state index < -0.39 is 43.6 Å². The molecule has 2 heterocycles. The Morgan fingerprint density at radius 3 is 2.90 bits per heavy atom. The van der Waals surface area contributed by atoms with Gasteiger partial charge in [0.05, 0.1) is 6.10 Å². The van der Waals surface area contributed by atoms with Crippen molar-refractivity contribution >= 4 is 25.3 Å². The van der Waals surface area contributed by atoms with E-state index in [9.17, 15) is 18.9 Å². The van der Waals surface area contributed by atoms with Gasteiger partial charge < -0.3 is 15.6 Å². The molecule has 0 amide bonds. The minimum Gasteiger partial charge on any atom is -0.391 e. The number of hydrogen-bond donors (Lipinski definition) is 3. The van der Waals surface area contributed by atoms with Crippen LogP contribution in [0.2, 0.25) is 0 Å². The number of aromatic nitrogens is 2. The number of nitrogens with zero attached hydrogens (tertiary/aromatic N) is 2. The van der Waals surface area contributed by atoms with E-state index >= 15 is 0 Å². The number of aliphatic hydroxyl groups is 1. The number of nitrogen functional groups attached to an aromatic ring is 1. The van der Waals surface area contributed by atoms with Crippen LogP contribution in [0, 0.1) is 0 Å². The number of thiol groups is 1. The molecular formula is C10H14FN3O5PS+. The van der Waals surface area contributed by atoms with Gasteiger partial charge in [-0.05, 0) is 17.6 Å². The highest BCUT2D eigenvalue weighted by molar-refractivity contribution is 8.39. The van der Waals surface area contributed by atoms with Crippen LogP contribution in [0.1, 0.15) is 13.2 Å². The number of nitrogens with two attached hydrogens (primary N) is 1. The first-order chi connectivity index (χ1) is 9.81. The summed E-state index contributed by atoms with van der Waals surface area (Å²) in [5.41, 5.74) is 4.55. The van der Waals surface area contributed by atoms with Crippen molar-refractivity contribution in [3.8, 4) is 0 Å². The smallest absolute Gasteiger partial charge is 0.391 e. The standard InChI is InChI=1S/C10H13FN3O5PS/c1-4(15)7-8(19-20(17)21)6(11)9(18-7)14-3-2-5(12)13-10(14)16/h2-4,6-9,15H,1H3,(H2-,12,13,16,17,21)/p+1/t4-,6?,7-,8-,9-/m1/s1. The van der Waals surface area contributed by atoms with Gasteiger partial charge in [0.15, 0.2) is 18.5 Å². The van der Waals surface area contributed by atoms with Crippen molar-refractivity contribution in [2.75, 3.05) is 5.73 Å². The third kappa shape index (κ3) is 3.41. The number of anilines is 1. The molecule has 3 N–H and O–H groups in total. The Labute approximate surface area is 125 Å². The molecule has 11 heteroatoms. The van der Waals surface area contributed by atoms with E-state index in [1.165, 1.54) is 19.2 Å². The lowest BCUT2D eigenvalue weighted by atomic mass is 10.1. The van der Waals surface area contributed by atoms with Crippen LogP contribution >= 0.6 is 19.5 Å². The lowest BCUT2D eigenvalue weighted by molar-refractivity contribution is -0.0747. The quantitative estimate of drug-likeness (QED) is 0.538. The summed E-state index contributed by atoms with van der Waals surface area (Å²) in [6, 6.07) is 1.31. The topological polar surface area (TPSA) is 117 Å². The number of hydrogen-bond acceptors (Lipinski definition) is 7. The molecule has 0 spiro atoms. The first-order valence-electron chi connectivity index (χ1n) is 5.96. The monoisotopic (exact) mass is 338 g/mol.